The molecule has 128 valence electrons. The van der Waals surface area contributed by atoms with Gasteiger partial charge in [0.1, 0.15) is 5.75 Å². The van der Waals surface area contributed by atoms with Crippen LogP contribution in [-0.2, 0) is 4.79 Å². The topological polar surface area (TPSA) is 83.8 Å². The van der Waals surface area contributed by atoms with Gasteiger partial charge in [0, 0.05) is 15.2 Å². The third-order valence-corrected chi connectivity index (χ3v) is 3.98. The van der Waals surface area contributed by atoms with Gasteiger partial charge in [0.25, 0.3) is 5.91 Å². The first-order valence-electron chi connectivity index (χ1n) is 7.57. The highest BCUT2D eigenvalue weighted by Crippen LogP contribution is 2.22. The largest absolute Gasteiger partial charge is 0.481 e. The lowest BCUT2D eigenvalue weighted by molar-refractivity contribution is -0.129. The van der Waals surface area contributed by atoms with Crippen molar-refractivity contribution in [3.8, 4) is 5.75 Å². The maximum absolute atomic E-state index is 12.4. The lowest BCUT2D eigenvalue weighted by Crippen LogP contribution is -2.50. The molecule has 0 spiro atoms. The van der Waals surface area contributed by atoms with Gasteiger partial charge in [-0.15, -0.1) is 0 Å². The highest BCUT2D eigenvalue weighted by molar-refractivity contribution is 14.1. The lowest BCUT2D eigenvalue weighted by atomic mass is 10.1. The Bertz CT molecular complexity index is 762. The predicted octanol–water partition coefficient (Wildman–Crippen LogP) is 3.35. The minimum Gasteiger partial charge on any atom is -0.481 e. The van der Waals surface area contributed by atoms with Crippen molar-refractivity contribution >= 4 is 45.6 Å². The summed E-state index contributed by atoms with van der Waals surface area (Å²) < 4.78 is 6.88. The molecule has 0 saturated carbocycles. The first kappa shape index (κ1) is 18.4. The summed E-state index contributed by atoms with van der Waals surface area (Å²) in [4.78, 5) is 16.7. The molecule has 2 aromatic rings. The summed E-state index contributed by atoms with van der Waals surface area (Å²) in [6, 6.07) is 7.56. The third-order valence-electron chi connectivity index (χ3n) is 3.39. The Morgan fingerprint density at radius 1 is 1.50 bits per heavy atom. The van der Waals surface area contributed by atoms with Gasteiger partial charge in [-0.05, 0) is 67.1 Å². The average Bonchev–Trinajstić information content (AvgIpc) is 2.51. The molecule has 1 heterocycles. The fourth-order valence-corrected chi connectivity index (χ4v) is 2.69. The van der Waals surface area contributed by atoms with E-state index in [4.69, 9.17) is 9.94 Å². The maximum Gasteiger partial charge on any atom is 0.261 e. The summed E-state index contributed by atoms with van der Waals surface area (Å²) in [5, 5.41) is 15.4. The number of aromatic nitrogens is 1. The third kappa shape index (κ3) is 4.80. The number of benzene rings is 1. The number of rotatable bonds is 6. The molecule has 0 aliphatic rings. The smallest absolute Gasteiger partial charge is 0.261 e. The Hall–Kier alpha value is -1.90. The first-order valence-corrected chi connectivity index (χ1v) is 8.65. The van der Waals surface area contributed by atoms with Crippen LogP contribution in [0.5, 0.6) is 5.75 Å². The number of ether oxygens (including phenoxy) is 1. The highest BCUT2D eigenvalue weighted by Gasteiger charge is 2.25. The van der Waals surface area contributed by atoms with Crippen molar-refractivity contribution in [2.45, 2.75) is 38.8 Å². The summed E-state index contributed by atoms with van der Waals surface area (Å²) in [7, 11) is 0. The number of carbonyl (C=O) groups excluding carboxylic acids is 1. The quantitative estimate of drug-likeness (QED) is 0.312. The fourth-order valence-electron chi connectivity index (χ4n) is 2.22. The number of nitrogens with zero attached hydrogens (tertiary/aromatic N) is 2. The van der Waals surface area contributed by atoms with Crippen molar-refractivity contribution < 1.29 is 14.7 Å². The van der Waals surface area contributed by atoms with Crippen molar-refractivity contribution in [1.82, 2.24) is 10.3 Å². The molecule has 1 amide bonds. The predicted molar refractivity (Wildman–Crippen MR) is 102 cm³/mol. The molecule has 1 aromatic carbocycles. The van der Waals surface area contributed by atoms with E-state index in [-0.39, 0.29) is 5.91 Å². The molecule has 7 heteroatoms. The molecule has 2 rings (SSSR count). The zero-order chi connectivity index (χ0) is 17.7. The van der Waals surface area contributed by atoms with Crippen LogP contribution < -0.4 is 10.1 Å². The average molecular weight is 441 g/mol. The molecule has 2 N–H and O–H groups in total. The van der Waals surface area contributed by atoms with E-state index in [0.29, 0.717) is 12.2 Å². The number of nitrogens with one attached hydrogen (secondary N) is 1. The Balaban J connectivity index is 2.16. The van der Waals surface area contributed by atoms with Gasteiger partial charge in [-0.3, -0.25) is 9.78 Å². The van der Waals surface area contributed by atoms with E-state index in [1.807, 2.05) is 25.1 Å². The van der Waals surface area contributed by atoms with Gasteiger partial charge in [0.05, 0.1) is 17.3 Å². The van der Waals surface area contributed by atoms with E-state index in [9.17, 15) is 4.79 Å². The first-order chi connectivity index (χ1) is 11.3. The molecular formula is C17H20IN3O3. The SMILES string of the molecule is CCC(Oc1ccc2ncc(I)cc2c1)C(=O)NC(C)(C)/C=N/O. The van der Waals surface area contributed by atoms with E-state index in [1.54, 1.807) is 26.1 Å². The Kier molecular flexibility index (Phi) is 5.98. The van der Waals surface area contributed by atoms with Gasteiger partial charge in [-0.1, -0.05) is 12.1 Å². The van der Waals surface area contributed by atoms with Gasteiger partial charge >= 0.3 is 0 Å². The molecule has 1 atom stereocenters. The van der Waals surface area contributed by atoms with Crippen LogP contribution in [0.15, 0.2) is 35.6 Å². The lowest BCUT2D eigenvalue weighted by Gasteiger charge is -2.24. The van der Waals surface area contributed by atoms with Gasteiger partial charge in [0.15, 0.2) is 6.10 Å². The zero-order valence-corrected chi connectivity index (χ0v) is 15.9. The van der Waals surface area contributed by atoms with Crippen LogP contribution >= 0.6 is 22.6 Å². The van der Waals surface area contributed by atoms with Crippen molar-refractivity contribution in [3.05, 3.63) is 34.0 Å². The standard InChI is InChI=1S/C17H20IN3O3/c1-4-15(16(22)21-17(2,3)10-20-23)24-13-5-6-14-11(8-13)7-12(18)9-19-14/h5-10,15,23H,4H2,1-3H3,(H,21,22)/b20-10+. The Morgan fingerprint density at radius 3 is 2.92 bits per heavy atom. The van der Waals surface area contributed by atoms with E-state index < -0.39 is 11.6 Å². The number of amides is 1. The maximum atomic E-state index is 12.4. The minimum absolute atomic E-state index is 0.261. The van der Waals surface area contributed by atoms with Crippen molar-refractivity contribution in [2.24, 2.45) is 5.16 Å². The van der Waals surface area contributed by atoms with Gasteiger partial charge in [-0.2, -0.15) is 0 Å². The van der Waals surface area contributed by atoms with E-state index >= 15 is 0 Å². The van der Waals surface area contributed by atoms with E-state index in [0.717, 1.165) is 14.5 Å². The van der Waals surface area contributed by atoms with Crippen LogP contribution in [0.4, 0.5) is 0 Å². The molecule has 0 aliphatic carbocycles. The monoisotopic (exact) mass is 441 g/mol. The second kappa shape index (κ2) is 7.78. The van der Waals surface area contributed by atoms with Gasteiger partial charge in [0.2, 0.25) is 0 Å². The molecule has 0 bridgehead atoms. The molecule has 24 heavy (non-hydrogen) atoms. The van der Waals surface area contributed by atoms with Gasteiger partial charge in [-0.25, -0.2) is 0 Å². The van der Waals surface area contributed by atoms with Crippen LogP contribution in [0.3, 0.4) is 0 Å². The van der Waals surface area contributed by atoms with Crippen molar-refractivity contribution in [2.75, 3.05) is 0 Å². The molecule has 1 aromatic heterocycles. The summed E-state index contributed by atoms with van der Waals surface area (Å²) >= 11 is 2.21. The van der Waals surface area contributed by atoms with Crippen LogP contribution in [-0.4, -0.2) is 34.0 Å². The highest BCUT2D eigenvalue weighted by atomic mass is 127. The van der Waals surface area contributed by atoms with Gasteiger partial charge < -0.3 is 15.3 Å². The number of hydrogen-bond donors (Lipinski definition) is 2. The second-order valence-corrected chi connectivity index (χ2v) is 7.22. The number of oxime groups is 1. The minimum atomic E-state index is -0.758. The summed E-state index contributed by atoms with van der Waals surface area (Å²) in [5.41, 5.74) is 0.118. The number of halogens is 1. The summed E-state index contributed by atoms with van der Waals surface area (Å²) in [5.74, 6) is 0.352. The van der Waals surface area contributed by atoms with Crippen LogP contribution in [0.1, 0.15) is 27.2 Å². The molecule has 0 fully saturated rings. The number of hydrogen-bond acceptors (Lipinski definition) is 5. The number of carbonyl (C=O) groups is 1. The van der Waals surface area contributed by atoms with Crippen LogP contribution in [0, 0.1) is 3.57 Å². The Morgan fingerprint density at radius 2 is 2.25 bits per heavy atom. The molecular weight excluding hydrogens is 421 g/mol. The molecule has 6 nitrogen and oxygen atoms in total. The van der Waals surface area contributed by atoms with Crippen LogP contribution in [0.25, 0.3) is 10.9 Å². The van der Waals surface area contributed by atoms with E-state index in [1.165, 1.54) is 6.21 Å². The number of fused-ring (bicyclic) bond motifs is 1. The van der Waals surface area contributed by atoms with Crippen LogP contribution in [0.2, 0.25) is 0 Å². The summed E-state index contributed by atoms with van der Waals surface area (Å²) in [6.45, 7) is 5.35. The Labute approximate surface area is 154 Å². The second-order valence-electron chi connectivity index (χ2n) is 5.98. The summed E-state index contributed by atoms with van der Waals surface area (Å²) in [6.07, 6.45) is 2.95. The molecule has 0 radical (unpaired) electrons. The van der Waals surface area contributed by atoms with E-state index in [2.05, 4.69) is 38.0 Å². The normalized spacial score (nSPS) is 13.2. The fraction of sp³-hybridized carbons (Fsp3) is 0.353. The van der Waals surface area contributed by atoms with Crippen molar-refractivity contribution in [1.29, 1.82) is 0 Å². The molecule has 0 aliphatic heterocycles. The molecule has 0 saturated heterocycles. The molecule has 1 unspecified atom stereocenters. The number of pyridine rings is 1. The zero-order valence-electron chi connectivity index (χ0n) is 13.8. The van der Waals surface area contributed by atoms with Crippen molar-refractivity contribution in [3.63, 3.8) is 0 Å².